The molecule has 0 N–H and O–H groups in total. The lowest BCUT2D eigenvalue weighted by molar-refractivity contribution is 1.06. The number of hydrogen-bond acceptors (Lipinski definition) is 4. The van der Waals surface area contributed by atoms with Crippen LogP contribution in [0.4, 0.5) is 11.4 Å². The zero-order valence-corrected chi connectivity index (χ0v) is 11.0. The van der Waals surface area contributed by atoms with Gasteiger partial charge < -0.3 is 4.90 Å². The lowest BCUT2D eigenvalue weighted by Crippen LogP contribution is -2.10. The minimum Gasteiger partial charge on any atom is -0.343 e. The van der Waals surface area contributed by atoms with Gasteiger partial charge in [0.1, 0.15) is 0 Å². The quantitative estimate of drug-likeness (QED) is 0.709. The van der Waals surface area contributed by atoms with Gasteiger partial charge in [-0.25, -0.2) is 0 Å². The second-order valence-electron chi connectivity index (χ2n) is 4.47. The van der Waals surface area contributed by atoms with Crippen LogP contribution in [-0.4, -0.2) is 17.2 Å². The van der Waals surface area contributed by atoms with Gasteiger partial charge in [0.25, 0.3) is 0 Å². The Kier molecular flexibility index (Phi) is 3.02. The number of rotatable bonds is 2. The Morgan fingerprint density at radius 2 is 1.95 bits per heavy atom. The van der Waals surface area contributed by atoms with Crippen molar-refractivity contribution in [3.63, 3.8) is 0 Å². The lowest BCUT2D eigenvalue weighted by atomic mass is 10.1. The number of hydrogen-bond donors (Lipinski definition) is 0. The van der Waals surface area contributed by atoms with E-state index in [1.165, 1.54) is 0 Å². The van der Waals surface area contributed by atoms with Crippen molar-refractivity contribution in [3.8, 4) is 6.07 Å². The molecular formula is C16H12N4. The number of aromatic nitrogens is 2. The molecule has 0 aliphatic carbocycles. The molecule has 96 valence electrons. The Hall–Kier alpha value is -2.93. The Balaban J connectivity index is 2.13. The summed E-state index contributed by atoms with van der Waals surface area (Å²) in [6.07, 6.45) is 1.74. The summed E-state index contributed by atoms with van der Waals surface area (Å²) < 4.78 is 0. The topological polar surface area (TPSA) is 52.8 Å². The summed E-state index contributed by atoms with van der Waals surface area (Å²) in [4.78, 5) is 2.01. The fraction of sp³-hybridized carbons (Fsp3) is 0.0625. The average Bonchev–Trinajstić information content (AvgIpc) is 2.53. The molecule has 0 amide bonds. The van der Waals surface area contributed by atoms with Gasteiger partial charge in [-0.1, -0.05) is 24.3 Å². The Bertz CT molecular complexity index is 799. The molecule has 0 spiro atoms. The number of nitrogens with zero attached hydrogens (tertiary/aromatic N) is 4. The van der Waals surface area contributed by atoms with E-state index in [1.54, 1.807) is 12.3 Å². The summed E-state index contributed by atoms with van der Waals surface area (Å²) in [7, 11) is 1.96. The van der Waals surface area contributed by atoms with Crippen molar-refractivity contribution in [2.45, 2.75) is 0 Å². The van der Waals surface area contributed by atoms with Crippen LogP contribution in [0.1, 0.15) is 5.56 Å². The highest BCUT2D eigenvalue weighted by atomic mass is 15.2. The van der Waals surface area contributed by atoms with Crippen molar-refractivity contribution in [2.75, 3.05) is 11.9 Å². The standard InChI is InChI=1S/C16H12N4/c1-20(13-6-4-5-12(9-13)10-17)16-11-18-19-15-8-3-2-7-14(15)16/h2-9,11H,1H3. The van der Waals surface area contributed by atoms with Crippen molar-refractivity contribution in [3.05, 3.63) is 60.3 Å². The number of fused-ring (bicyclic) bond motifs is 1. The molecule has 0 aliphatic rings. The van der Waals surface area contributed by atoms with Crippen molar-refractivity contribution >= 4 is 22.3 Å². The van der Waals surface area contributed by atoms with E-state index in [0.717, 1.165) is 22.3 Å². The summed E-state index contributed by atoms with van der Waals surface area (Å²) in [6, 6.07) is 17.5. The van der Waals surface area contributed by atoms with E-state index in [9.17, 15) is 0 Å². The highest BCUT2D eigenvalue weighted by Crippen LogP contribution is 2.29. The largest absolute Gasteiger partial charge is 0.343 e. The van der Waals surface area contributed by atoms with Crippen LogP contribution in [0.2, 0.25) is 0 Å². The van der Waals surface area contributed by atoms with E-state index in [1.807, 2.05) is 54.4 Å². The normalized spacial score (nSPS) is 10.2. The number of anilines is 2. The molecular weight excluding hydrogens is 248 g/mol. The molecule has 0 aliphatic heterocycles. The van der Waals surface area contributed by atoms with Crippen LogP contribution in [0.25, 0.3) is 10.9 Å². The first-order chi connectivity index (χ1) is 9.79. The van der Waals surface area contributed by atoms with Crippen LogP contribution in [0.3, 0.4) is 0 Å². The predicted molar refractivity (Wildman–Crippen MR) is 78.8 cm³/mol. The van der Waals surface area contributed by atoms with Crippen molar-refractivity contribution in [1.29, 1.82) is 5.26 Å². The fourth-order valence-corrected chi connectivity index (χ4v) is 2.18. The summed E-state index contributed by atoms with van der Waals surface area (Å²) in [5.41, 5.74) is 3.40. The van der Waals surface area contributed by atoms with Crippen LogP contribution in [0.15, 0.2) is 54.7 Å². The van der Waals surface area contributed by atoms with Crippen molar-refractivity contribution in [2.24, 2.45) is 0 Å². The molecule has 0 unspecified atom stereocenters. The molecule has 0 fully saturated rings. The molecule has 4 heteroatoms. The molecule has 0 radical (unpaired) electrons. The second kappa shape index (κ2) is 4.98. The monoisotopic (exact) mass is 260 g/mol. The van der Waals surface area contributed by atoms with E-state index in [4.69, 9.17) is 5.26 Å². The van der Waals surface area contributed by atoms with Gasteiger partial charge in [0.15, 0.2) is 0 Å². The molecule has 0 atom stereocenters. The summed E-state index contributed by atoms with van der Waals surface area (Å²) >= 11 is 0. The van der Waals surface area contributed by atoms with Crippen LogP contribution < -0.4 is 4.90 Å². The molecule has 4 nitrogen and oxygen atoms in total. The van der Waals surface area contributed by atoms with E-state index < -0.39 is 0 Å². The first-order valence-corrected chi connectivity index (χ1v) is 6.24. The third-order valence-electron chi connectivity index (χ3n) is 3.25. The SMILES string of the molecule is CN(c1cccc(C#N)c1)c1cnnc2ccccc12. The molecule has 0 saturated heterocycles. The van der Waals surface area contributed by atoms with Crippen LogP contribution in [-0.2, 0) is 0 Å². The minimum absolute atomic E-state index is 0.640. The van der Waals surface area contributed by atoms with E-state index in [-0.39, 0.29) is 0 Å². The van der Waals surface area contributed by atoms with Crippen LogP contribution >= 0.6 is 0 Å². The van der Waals surface area contributed by atoms with Gasteiger partial charge in [-0.2, -0.15) is 15.5 Å². The number of benzene rings is 2. The van der Waals surface area contributed by atoms with E-state index in [2.05, 4.69) is 16.3 Å². The molecule has 3 aromatic rings. The molecule has 1 heterocycles. The van der Waals surface area contributed by atoms with Crippen LogP contribution in [0, 0.1) is 11.3 Å². The smallest absolute Gasteiger partial charge is 0.0992 e. The van der Waals surface area contributed by atoms with Gasteiger partial charge in [-0.05, 0) is 24.3 Å². The maximum absolute atomic E-state index is 9.00. The zero-order chi connectivity index (χ0) is 13.9. The summed E-state index contributed by atoms with van der Waals surface area (Å²) in [5, 5.41) is 18.2. The number of nitriles is 1. The predicted octanol–water partition coefficient (Wildman–Crippen LogP) is 3.27. The highest BCUT2D eigenvalue weighted by molar-refractivity contribution is 5.92. The lowest BCUT2D eigenvalue weighted by Gasteiger charge is -2.20. The fourth-order valence-electron chi connectivity index (χ4n) is 2.18. The zero-order valence-electron chi connectivity index (χ0n) is 11.0. The molecule has 0 saturated carbocycles. The van der Waals surface area contributed by atoms with Crippen molar-refractivity contribution in [1.82, 2.24) is 10.2 Å². The van der Waals surface area contributed by atoms with Gasteiger partial charge in [0.2, 0.25) is 0 Å². The van der Waals surface area contributed by atoms with Crippen molar-refractivity contribution < 1.29 is 0 Å². The minimum atomic E-state index is 0.640. The molecule has 3 rings (SSSR count). The maximum Gasteiger partial charge on any atom is 0.0992 e. The first-order valence-electron chi connectivity index (χ1n) is 6.24. The summed E-state index contributed by atoms with van der Waals surface area (Å²) in [5.74, 6) is 0. The van der Waals surface area contributed by atoms with E-state index >= 15 is 0 Å². The Labute approximate surface area is 116 Å². The Morgan fingerprint density at radius 3 is 2.80 bits per heavy atom. The van der Waals surface area contributed by atoms with Gasteiger partial charge in [0.05, 0.1) is 29.0 Å². The molecule has 20 heavy (non-hydrogen) atoms. The molecule has 1 aromatic heterocycles. The third-order valence-corrected chi connectivity index (χ3v) is 3.25. The van der Waals surface area contributed by atoms with Crippen LogP contribution in [0.5, 0.6) is 0 Å². The van der Waals surface area contributed by atoms with Gasteiger partial charge >= 0.3 is 0 Å². The van der Waals surface area contributed by atoms with Gasteiger partial charge in [0, 0.05) is 18.1 Å². The molecule has 2 aromatic carbocycles. The molecule has 0 bridgehead atoms. The summed E-state index contributed by atoms with van der Waals surface area (Å²) in [6.45, 7) is 0. The first kappa shape index (κ1) is 12.1. The third kappa shape index (κ3) is 2.06. The van der Waals surface area contributed by atoms with Gasteiger partial charge in [-0.15, -0.1) is 0 Å². The highest BCUT2D eigenvalue weighted by Gasteiger charge is 2.09. The Morgan fingerprint density at radius 1 is 1.10 bits per heavy atom. The second-order valence-corrected chi connectivity index (χ2v) is 4.47. The van der Waals surface area contributed by atoms with E-state index in [0.29, 0.717) is 5.56 Å². The van der Waals surface area contributed by atoms with Gasteiger partial charge in [-0.3, -0.25) is 0 Å². The average molecular weight is 260 g/mol. The maximum atomic E-state index is 9.00.